The molecule has 32 heavy (non-hydrogen) atoms. The molecule has 0 aliphatic heterocycles. The molecule has 8 heteroatoms. The van der Waals surface area contributed by atoms with Crippen LogP contribution in [-0.4, -0.2) is 33.1 Å². The highest BCUT2D eigenvalue weighted by Crippen LogP contribution is 2.24. The number of amides is 1. The van der Waals surface area contributed by atoms with Gasteiger partial charge in [0, 0.05) is 6.54 Å². The minimum absolute atomic E-state index is 0.0717. The van der Waals surface area contributed by atoms with Crippen LogP contribution in [0.4, 0.5) is 0 Å². The van der Waals surface area contributed by atoms with E-state index >= 15 is 0 Å². The van der Waals surface area contributed by atoms with Crippen molar-refractivity contribution in [1.82, 2.24) is 20.2 Å². The zero-order valence-corrected chi connectivity index (χ0v) is 19.9. The molecule has 0 spiro atoms. The van der Waals surface area contributed by atoms with Gasteiger partial charge < -0.3 is 15.9 Å². The number of hydrogen-bond acceptors (Lipinski definition) is 6. The minimum atomic E-state index is -0.0717. The molecule has 0 saturated heterocycles. The molecule has 3 N–H and O–H groups in total. The number of carbonyl (C=O) groups excluding carboxylic acids is 1. The van der Waals surface area contributed by atoms with Crippen LogP contribution in [0.1, 0.15) is 50.6 Å². The van der Waals surface area contributed by atoms with Crippen molar-refractivity contribution in [2.24, 2.45) is 0 Å². The van der Waals surface area contributed by atoms with E-state index in [4.69, 9.17) is 10.6 Å². The number of hydrogen-bond donors (Lipinski definition) is 2. The normalized spacial score (nSPS) is 12.4. The number of ether oxygens (including phenoxy) is 1. The summed E-state index contributed by atoms with van der Waals surface area (Å²) in [6.45, 7) is 9.36. The largest absolute Gasteiger partial charge is 0.486 e. The molecule has 0 bridgehead atoms. The number of carbonyl (C=O) groups is 1. The molecule has 0 aliphatic rings. The van der Waals surface area contributed by atoms with E-state index in [9.17, 15) is 4.79 Å². The number of nitrogens with two attached hydrogens (primary N) is 1. The van der Waals surface area contributed by atoms with Gasteiger partial charge in [-0.25, -0.2) is 4.68 Å². The summed E-state index contributed by atoms with van der Waals surface area (Å²) in [5.74, 6) is 7.70. The highest BCUT2D eigenvalue weighted by molar-refractivity contribution is 7.99. The van der Waals surface area contributed by atoms with E-state index in [1.807, 2.05) is 30.3 Å². The number of rotatable bonds is 9. The summed E-state index contributed by atoms with van der Waals surface area (Å²) in [5, 5.41) is 11.6. The number of aromatic nitrogens is 3. The molecule has 0 saturated carbocycles. The first-order chi connectivity index (χ1) is 15.2. The average molecular weight is 454 g/mol. The lowest BCUT2D eigenvalue weighted by atomic mass is 9.87. The molecule has 1 aromatic heterocycles. The molecule has 3 rings (SSSR count). The number of thioether (sulfide) groups is 1. The van der Waals surface area contributed by atoms with Crippen LogP contribution in [-0.2, 0) is 16.8 Å². The van der Waals surface area contributed by atoms with Gasteiger partial charge in [0.15, 0.2) is 5.82 Å². The SMILES string of the molecule is CC(CNC(=O)CSc1nnc(COc2ccc(C(C)(C)C)cc2)n1N)c1ccccc1. The molecule has 3 aromatic rings. The predicted octanol–water partition coefficient (Wildman–Crippen LogP) is 3.88. The summed E-state index contributed by atoms with van der Waals surface area (Å²) in [4.78, 5) is 12.2. The maximum absolute atomic E-state index is 12.2. The Morgan fingerprint density at radius 3 is 2.47 bits per heavy atom. The fraction of sp³-hybridized carbons (Fsp3) is 0.375. The molecule has 2 aromatic carbocycles. The van der Waals surface area contributed by atoms with Crippen molar-refractivity contribution in [2.45, 2.75) is 50.8 Å². The van der Waals surface area contributed by atoms with Crippen LogP contribution in [0, 0.1) is 0 Å². The molecule has 7 nitrogen and oxygen atoms in total. The van der Waals surface area contributed by atoms with E-state index in [0.717, 1.165) is 5.75 Å². The second-order valence-electron chi connectivity index (χ2n) is 8.74. The smallest absolute Gasteiger partial charge is 0.230 e. The van der Waals surface area contributed by atoms with Crippen molar-refractivity contribution in [3.05, 3.63) is 71.5 Å². The predicted molar refractivity (Wildman–Crippen MR) is 128 cm³/mol. The third-order valence-corrected chi connectivity index (χ3v) is 6.07. The van der Waals surface area contributed by atoms with Crippen LogP contribution < -0.4 is 15.9 Å². The molecule has 0 fully saturated rings. The molecule has 1 amide bonds. The van der Waals surface area contributed by atoms with Crippen molar-refractivity contribution in [1.29, 1.82) is 0 Å². The third kappa shape index (κ3) is 6.50. The summed E-state index contributed by atoms with van der Waals surface area (Å²) in [6, 6.07) is 18.1. The quantitative estimate of drug-likeness (QED) is 0.377. The first-order valence-electron chi connectivity index (χ1n) is 10.6. The Hall–Kier alpha value is -3.00. The minimum Gasteiger partial charge on any atom is -0.486 e. The van der Waals surface area contributed by atoms with Crippen LogP contribution in [0.25, 0.3) is 0 Å². The van der Waals surface area contributed by atoms with Gasteiger partial charge in [0.1, 0.15) is 12.4 Å². The summed E-state index contributed by atoms with van der Waals surface area (Å²) >= 11 is 1.25. The van der Waals surface area contributed by atoms with E-state index in [0.29, 0.717) is 17.5 Å². The molecular weight excluding hydrogens is 422 g/mol. The monoisotopic (exact) mass is 453 g/mol. The van der Waals surface area contributed by atoms with Gasteiger partial charge in [0.2, 0.25) is 11.1 Å². The molecule has 0 radical (unpaired) electrons. The number of nitrogens with zero attached hydrogens (tertiary/aromatic N) is 3. The van der Waals surface area contributed by atoms with Crippen molar-refractivity contribution >= 4 is 17.7 Å². The maximum Gasteiger partial charge on any atom is 0.230 e. The Kier molecular flexibility index (Phi) is 7.80. The van der Waals surface area contributed by atoms with Gasteiger partial charge >= 0.3 is 0 Å². The number of nitrogen functional groups attached to an aromatic ring is 1. The second kappa shape index (κ2) is 10.5. The lowest BCUT2D eigenvalue weighted by molar-refractivity contribution is -0.118. The Labute approximate surface area is 193 Å². The van der Waals surface area contributed by atoms with Crippen molar-refractivity contribution in [2.75, 3.05) is 18.1 Å². The van der Waals surface area contributed by atoms with Gasteiger partial charge in [0.05, 0.1) is 5.75 Å². The van der Waals surface area contributed by atoms with Crippen LogP contribution in [0.3, 0.4) is 0 Å². The molecule has 1 atom stereocenters. The molecule has 1 unspecified atom stereocenters. The van der Waals surface area contributed by atoms with Crippen molar-refractivity contribution in [3.8, 4) is 5.75 Å². The maximum atomic E-state index is 12.2. The van der Waals surface area contributed by atoms with Gasteiger partial charge in [-0.1, -0.05) is 81.9 Å². The Morgan fingerprint density at radius 1 is 1.12 bits per heavy atom. The summed E-state index contributed by atoms with van der Waals surface area (Å²) in [6.07, 6.45) is 0. The first-order valence-corrected chi connectivity index (χ1v) is 11.6. The van der Waals surface area contributed by atoms with Crippen LogP contribution in [0.15, 0.2) is 59.8 Å². The van der Waals surface area contributed by atoms with Crippen LogP contribution in [0.2, 0.25) is 0 Å². The van der Waals surface area contributed by atoms with Gasteiger partial charge in [-0.2, -0.15) is 0 Å². The molecule has 170 valence electrons. The van der Waals surface area contributed by atoms with Gasteiger partial charge in [-0.05, 0) is 34.6 Å². The fourth-order valence-electron chi connectivity index (χ4n) is 3.05. The Balaban J connectivity index is 1.45. The third-order valence-electron chi connectivity index (χ3n) is 5.13. The zero-order valence-electron chi connectivity index (χ0n) is 19.0. The summed E-state index contributed by atoms with van der Waals surface area (Å²) < 4.78 is 7.16. The van der Waals surface area contributed by atoms with Crippen LogP contribution >= 0.6 is 11.8 Å². The van der Waals surface area contributed by atoms with Crippen molar-refractivity contribution in [3.63, 3.8) is 0 Å². The van der Waals surface area contributed by atoms with Gasteiger partial charge in [-0.3, -0.25) is 4.79 Å². The van der Waals surface area contributed by atoms with E-state index in [1.165, 1.54) is 27.6 Å². The van der Waals surface area contributed by atoms with E-state index in [-0.39, 0.29) is 29.6 Å². The zero-order chi connectivity index (χ0) is 23.1. The fourth-order valence-corrected chi connectivity index (χ4v) is 3.76. The second-order valence-corrected chi connectivity index (χ2v) is 9.68. The number of benzene rings is 2. The van der Waals surface area contributed by atoms with Crippen molar-refractivity contribution < 1.29 is 9.53 Å². The summed E-state index contributed by atoms with van der Waals surface area (Å²) in [5.41, 5.74) is 2.52. The lowest BCUT2D eigenvalue weighted by Crippen LogP contribution is -2.29. The van der Waals surface area contributed by atoms with Crippen LogP contribution in [0.5, 0.6) is 5.75 Å². The Bertz CT molecular complexity index is 1010. The number of nitrogens with one attached hydrogen (secondary N) is 1. The van der Waals surface area contributed by atoms with Gasteiger partial charge in [-0.15, -0.1) is 10.2 Å². The van der Waals surface area contributed by atoms with Gasteiger partial charge in [0.25, 0.3) is 0 Å². The lowest BCUT2D eigenvalue weighted by Gasteiger charge is -2.19. The molecular formula is C24H31N5O2S. The summed E-state index contributed by atoms with van der Waals surface area (Å²) in [7, 11) is 0. The average Bonchev–Trinajstić information content (AvgIpc) is 3.14. The Morgan fingerprint density at radius 2 is 1.81 bits per heavy atom. The highest BCUT2D eigenvalue weighted by Gasteiger charge is 2.15. The topological polar surface area (TPSA) is 95.1 Å². The van der Waals surface area contributed by atoms with E-state index in [2.05, 4.69) is 67.5 Å². The van der Waals surface area contributed by atoms with E-state index in [1.54, 1.807) is 0 Å². The highest BCUT2D eigenvalue weighted by atomic mass is 32.2. The van der Waals surface area contributed by atoms with E-state index < -0.39 is 0 Å². The molecule has 1 heterocycles. The molecule has 0 aliphatic carbocycles. The standard InChI is InChI=1S/C24H31N5O2S/c1-17(18-8-6-5-7-9-18)14-26-22(30)16-32-23-28-27-21(29(23)25)15-31-20-12-10-19(11-13-20)24(2,3)4/h5-13,17H,14-16,25H2,1-4H3,(H,26,30). The first kappa shape index (κ1) is 23.7.